The fourth-order valence-corrected chi connectivity index (χ4v) is 2.23. The van der Waals surface area contributed by atoms with Gasteiger partial charge in [0.2, 0.25) is 0 Å². The molecule has 0 aromatic heterocycles. The van der Waals surface area contributed by atoms with Crippen molar-refractivity contribution < 1.29 is 14.6 Å². The van der Waals surface area contributed by atoms with Crippen molar-refractivity contribution in [3.8, 4) is 0 Å². The first-order valence-electron chi connectivity index (χ1n) is 6.25. The van der Waals surface area contributed by atoms with Crippen molar-refractivity contribution >= 4 is 5.97 Å². The molecule has 0 saturated heterocycles. The van der Waals surface area contributed by atoms with Crippen LogP contribution in [0.25, 0.3) is 0 Å². The number of carbonyl (C=O) groups excluding carboxylic acids is 1. The highest BCUT2D eigenvalue weighted by atomic mass is 16.5. The molecule has 1 aromatic rings. The number of hydrogen-bond acceptors (Lipinski definition) is 4. The van der Waals surface area contributed by atoms with Crippen molar-refractivity contribution in [1.82, 2.24) is 0 Å². The van der Waals surface area contributed by atoms with Crippen LogP contribution in [0.2, 0.25) is 0 Å². The molecule has 1 aliphatic rings. The van der Waals surface area contributed by atoms with Gasteiger partial charge in [0.15, 0.2) is 0 Å². The predicted molar refractivity (Wildman–Crippen MR) is 68.1 cm³/mol. The first kappa shape index (κ1) is 13.1. The van der Waals surface area contributed by atoms with Gasteiger partial charge in [-0.05, 0) is 36.5 Å². The van der Waals surface area contributed by atoms with Crippen molar-refractivity contribution in [1.29, 1.82) is 0 Å². The summed E-state index contributed by atoms with van der Waals surface area (Å²) in [5.74, 6) is -0.0463. The molecule has 0 bridgehead atoms. The lowest BCUT2D eigenvalue weighted by molar-refractivity contribution is 0.0413. The third kappa shape index (κ3) is 2.54. The van der Waals surface area contributed by atoms with Gasteiger partial charge in [-0.15, -0.1) is 0 Å². The minimum Gasteiger partial charge on any atom is -0.465 e. The average molecular weight is 249 g/mol. The van der Waals surface area contributed by atoms with Crippen LogP contribution < -0.4 is 5.73 Å². The topological polar surface area (TPSA) is 72.5 Å². The van der Waals surface area contributed by atoms with Gasteiger partial charge in [-0.2, -0.15) is 0 Å². The number of aliphatic hydroxyl groups is 1. The number of carbonyl (C=O) groups is 1. The molecular weight excluding hydrogens is 230 g/mol. The minimum absolute atomic E-state index is 0.320. The molecule has 4 heteroatoms. The number of esters is 1. The summed E-state index contributed by atoms with van der Waals surface area (Å²) in [6.45, 7) is 0. The molecule has 1 fully saturated rings. The summed E-state index contributed by atoms with van der Waals surface area (Å²) in [6, 6.07) is 6.52. The van der Waals surface area contributed by atoms with Gasteiger partial charge in [0, 0.05) is 0 Å². The van der Waals surface area contributed by atoms with Crippen LogP contribution in [0.5, 0.6) is 0 Å². The Morgan fingerprint density at radius 1 is 1.39 bits per heavy atom. The Kier molecular flexibility index (Phi) is 3.99. The normalized spacial score (nSPS) is 18.8. The lowest BCUT2D eigenvalue weighted by atomic mass is 9.77. The zero-order valence-electron chi connectivity index (χ0n) is 10.5. The number of aliphatic hydroxyl groups excluding tert-OH is 1. The van der Waals surface area contributed by atoms with Gasteiger partial charge >= 0.3 is 5.97 Å². The molecule has 0 aliphatic heterocycles. The van der Waals surface area contributed by atoms with Crippen LogP contribution in [0.3, 0.4) is 0 Å². The molecule has 4 nitrogen and oxygen atoms in total. The van der Waals surface area contributed by atoms with E-state index in [2.05, 4.69) is 4.74 Å². The second-order valence-electron chi connectivity index (χ2n) is 4.82. The summed E-state index contributed by atoms with van der Waals surface area (Å²) >= 11 is 0. The number of nitrogens with two attached hydrogens (primary N) is 1. The zero-order valence-corrected chi connectivity index (χ0v) is 10.5. The van der Waals surface area contributed by atoms with Gasteiger partial charge in [0.05, 0.1) is 24.8 Å². The van der Waals surface area contributed by atoms with Crippen molar-refractivity contribution in [2.24, 2.45) is 11.7 Å². The van der Waals surface area contributed by atoms with Gasteiger partial charge in [-0.3, -0.25) is 0 Å². The lowest BCUT2D eigenvalue weighted by Gasteiger charge is -2.33. The molecule has 1 aromatic carbocycles. The van der Waals surface area contributed by atoms with Gasteiger partial charge in [-0.1, -0.05) is 18.6 Å². The summed E-state index contributed by atoms with van der Waals surface area (Å²) in [5.41, 5.74) is 7.38. The highest BCUT2D eigenvalue weighted by molar-refractivity contribution is 5.89. The van der Waals surface area contributed by atoms with Crippen molar-refractivity contribution in [3.63, 3.8) is 0 Å². The molecule has 0 spiro atoms. The van der Waals surface area contributed by atoms with E-state index < -0.39 is 6.10 Å². The number of methoxy groups -OCH3 is 1. The third-order valence-electron chi connectivity index (χ3n) is 3.72. The molecule has 0 unspecified atom stereocenters. The highest BCUT2D eigenvalue weighted by Gasteiger charge is 2.30. The second kappa shape index (κ2) is 5.50. The lowest BCUT2D eigenvalue weighted by Crippen LogP contribution is -2.36. The largest absolute Gasteiger partial charge is 0.465 e. The Bertz CT molecular complexity index is 412. The quantitative estimate of drug-likeness (QED) is 0.796. The average Bonchev–Trinajstić information content (AvgIpc) is 2.35. The highest BCUT2D eigenvalue weighted by Crippen LogP contribution is 2.34. The van der Waals surface area contributed by atoms with Gasteiger partial charge in [0.1, 0.15) is 0 Å². The van der Waals surface area contributed by atoms with Crippen LogP contribution >= 0.6 is 0 Å². The molecule has 3 N–H and O–H groups in total. The Morgan fingerprint density at radius 2 is 2.00 bits per heavy atom. The van der Waals surface area contributed by atoms with Gasteiger partial charge < -0.3 is 15.6 Å². The summed E-state index contributed by atoms with van der Waals surface area (Å²) in [7, 11) is 1.35. The standard InChI is InChI=1S/C14H19NO3/c1-18-14(17)11-7-5-9(6-8-11)12(15)13(16)10-3-2-4-10/h5-8,10,12-13,16H,2-4,15H2,1H3/t12-,13+/m0/s1. The van der Waals surface area contributed by atoms with E-state index in [9.17, 15) is 9.90 Å². The minimum atomic E-state index is -0.497. The van der Waals surface area contributed by atoms with Crippen molar-refractivity contribution in [2.75, 3.05) is 7.11 Å². The summed E-state index contributed by atoms with van der Waals surface area (Å²) in [5, 5.41) is 10.1. The van der Waals surface area contributed by atoms with E-state index in [0.29, 0.717) is 11.5 Å². The van der Waals surface area contributed by atoms with Crippen LogP contribution in [0, 0.1) is 5.92 Å². The van der Waals surface area contributed by atoms with Crippen molar-refractivity contribution in [2.45, 2.75) is 31.4 Å². The predicted octanol–water partition coefficient (Wildman–Crippen LogP) is 1.63. The Balaban J connectivity index is 2.06. The van der Waals surface area contributed by atoms with E-state index in [4.69, 9.17) is 5.73 Å². The van der Waals surface area contributed by atoms with E-state index in [1.807, 2.05) is 0 Å². The van der Waals surface area contributed by atoms with E-state index >= 15 is 0 Å². The summed E-state index contributed by atoms with van der Waals surface area (Å²) in [4.78, 5) is 11.3. The van der Waals surface area contributed by atoms with Crippen LogP contribution in [0.1, 0.15) is 41.2 Å². The second-order valence-corrected chi connectivity index (χ2v) is 4.82. The molecule has 18 heavy (non-hydrogen) atoms. The van der Waals surface area contributed by atoms with Crippen LogP contribution in [-0.4, -0.2) is 24.3 Å². The fourth-order valence-electron chi connectivity index (χ4n) is 2.23. The molecule has 0 heterocycles. The molecule has 0 amide bonds. The van der Waals surface area contributed by atoms with Crippen LogP contribution in [0.4, 0.5) is 0 Å². The Hall–Kier alpha value is -1.39. The van der Waals surface area contributed by atoms with E-state index in [-0.39, 0.29) is 12.0 Å². The number of ether oxygens (including phenoxy) is 1. The first-order chi connectivity index (χ1) is 8.63. The molecule has 0 radical (unpaired) electrons. The number of hydrogen-bond donors (Lipinski definition) is 2. The summed E-state index contributed by atoms with van der Waals surface area (Å²) < 4.78 is 4.63. The Morgan fingerprint density at radius 3 is 2.44 bits per heavy atom. The molecule has 2 atom stereocenters. The SMILES string of the molecule is COC(=O)c1ccc([C@H](N)[C@H](O)C2CCC2)cc1. The molecular formula is C14H19NO3. The number of rotatable bonds is 4. The van der Waals surface area contributed by atoms with Crippen molar-refractivity contribution in [3.05, 3.63) is 35.4 Å². The molecule has 1 aliphatic carbocycles. The zero-order chi connectivity index (χ0) is 13.1. The van der Waals surface area contributed by atoms with Crippen LogP contribution in [-0.2, 0) is 4.74 Å². The van der Waals surface area contributed by atoms with E-state index in [1.54, 1.807) is 24.3 Å². The van der Waals surface area contributed by atoms with Crippen LogP contribution in [0.15, 0.2) is 24.3 Å². The fraction of sp³-hybridized carbons (Fsp3) is 0.500. The molecule has 98 valence electrons. The maximum absolute atomic E-state index is 11.3. The van der Waals surface area contributed by atoms with E-state index in [1.165, 1.54) is 13.5 Å². The van der Waals surface area contributed by atoms with E-state index in [0.717, 1.165) is 18.4 Å². The third-order valence-corrected chi connectivity index (χ3v) is 3.72. The molecule has 1 saturated carbocycles. The smallest absolute Gasteiger partial charge is 0.337 e. The Labute approximate surface area is 107 Å². The molecule has 2 rings (SSSR count). The monoisotopic (exact) mass is 249 g/mol. The number of benzene rings is 1. The first-order valence-corrected chi connectivity index (χ1v) is 6.25. The van der Waals surface area contributed by atoms with Gasteiger partial charge in [0.25, 0.3) is 0 Å². The van der Waals surface area contributed by atoms with Gasteiger partial charge in [-0.25, -0.2) is 4.79 Å². The summed E-state index contributed by atoms with van der Waals surface area (Å²) in [6.07, 6.45) is 2.78. The maximum Gasteiger partial charge on any atom is 0.337 e. The maximum atomic E-state index is 11.3.